The number of carbonyl (C=O) groups is 2. The maximum atomic E-state index is 13.9. The summed E-state index contributed by atoms with van der Waals surface area (Å²) in [5.41, 5.74) is 2.01. The van der Waals surface area contributed by atoms with Gasteiger partial charge >= 0.3 is 0 Å². The van der Waals surface area contributed by atoms with Gasteiger partial charge in [-0.15, -0.1) is 0 Å². The largest absolute Gasteiger partial charge is 0.352 e. The minimum Gasteiger partial charge on any atom is -0.352 e. The van der Waals surface area contributed by atoms with Crippen LogP contribution in [0.15, 0.2) is 77.7 Å². The molecule has 2 unspecified atom stereocenters. The number of anilines is 1. The Morgan fingerprint density at radius 2 is 1.41 bits per heavy atom. The van der Waals surface area contributed by atoms with Gasteiger partial charge in [0.25, 0.3) is 10.0 Å². The lowest BCUT2D eigenvalue weighted by molar-refractivity contribution is -0.139. The van der Waals surface area contributed by atoms with Gasteiger partial charge < -0.3 is 10.2 Å². The van der Waals surface area contributed by atoms with E-state index in [1.54, 1.807) is 55.5 Å². The van der Waals surface area contributed by atoms with Crippen LogP contribution in [0.5, 0.6) is 0 Å². The number of aryl methyl sites for hydroxylation is 1. The molecule has 39 heavy (non-hydrogen) atoms. The molecule has 7 nitrogen and oxygen atoms in total. The Hall–Kier alpha value is -3.07. The predicted molar refractivity (Wildman–Crippen MR) is 157 cm³/mol. The van der Waals surface area contributed by atoms with Crippen molar-refractivity contribution in [2.45, 2.75) is 57.6 Å². The first-order valence-electron chi connectivity index (χ1n) is 12.6. The molecule has 0 bridgehead atoms. The molecule has 208 valence electrons. The van der Waals surface area contributed by atoms with Crippen molar-refractivity contribution < 1.29 is 18.0 Å². The van der Waals surface area contributed by atoms with Gasteiger partial charge in [0, 0.05) is 22.6 Å². The molecule has 0 aromatic heterocycles. The summed E-state index contributed by atoms with van der Waals surface area (Å²) in [6, 6.07) is 18.6. The molecule has 0 aliphatic carbocycles. The van der Waals surface area contributed by atoms with Crippen LogP contribution in [0, 0.1) is 6.92 Å². The molecule has 3 aromatic carbocycles. The summed E-state index contributed by atoms with van der Waals surface area (Å²) in [6.45, 7) is 6.94. The molecule has 0 aliphatic heterocycles. The van der Waals surface area contributed by atoms with E-state index in [2.05, 4.69) is 5.32 Å². The number of benzene rings is 3. The second-order valence-electron chi connectivity index (χ2n) is 9.44. The number of halogens is 2. The first kappa shape index (κ1) is 30.5. The van der Waals surface area contributed by atoms with Crippen LogP contribution in [-0.2, 0) is 26.2 Å². The van der Waals surface area contributed by atoms with E-state index in [0.717, 1.165) is 21.9 Å². The highest BCUT2D eigenvalue weighted by molar-refractivity contribution is 7.92. The lowest BCUT2D eigenvalue weighted by Gasteiger charge is -2.32. The van der Waals surface area contributed by atoms with E-state index in [1.165, 1.54) is 29.2 Å². The second-order valence-corrected chi connectivity index (χ2v) is 12.2. The zero-order valence-electron chi connectivity index (χ0n) is 22.4. The average molecular weight is 591 g/mol. The van der Waals surface area contributed by atoms with Gasteiger partial charge in [0.15, 0.2) is 0 Å². The van der Waals surface area contributed by atoms with Crippen LogP contribution in [0.1, 0.15) is 38.3 Å². The normalized spacial score (nSPS) is 12.9. The predicted octanol–water partition coefficient (Wildman–Crippen LogP) is 5.83. The number of sulfonamides is 1. The Morgan fingerprint density at radius 3 is 1.95 bits per heavy atom. The van der Waals surface area contributed by atoms with Gasteiger partial charge in [0.05, 0.1) is 10.6 Å². The number of hydrogen-bond donors (Lipinski definition) is 1. The summed E-state index contributed by atoms with van der Waals surface area (Å²) in [7, 11) is -4.15. The summed E-state index contributed by atoms with van der Waals surface area (Å²) in [4.78, 5) is 28.3. The number of nitrogens with zero attached hydrogens (tertiary/aromatic N) is 2. The first-order chi connectivity index (χ1) is 18.4. The minimum atomic E-state index is -4.15. The highest BCUT2D eigenvalue weighted by Gasteiger charge is 2.32. The van der Waals surface area contributed by atoms with Crippen LogP contribution in [-0.4, -0.2) is 43.8 Å². The summed E-state index contributed by atoms with van der Waals surface area (Å²) in [6.07, 6.45) is 0.726. The molecule has 0 heterocycles. The van der Waals surface area contributed by atoms with Gasteiger partial charge in [-0.3, -0.25) is 13.9 Å². The van der Waals surface area contributed by atoms with E-state index in [4.69, 9.17) is 23.2 Å². The van der Waals surface area contributed by atoms with Crippen LogP contribution in [0.3, 0.4) is 0 Å². The molecule has 3 rings (SSSR count). The highest BCUT2D eigenvalue weighted by atomic mass is 35.5. The first-order valence-corrected chi connectivity index (χ1v) is 14.8. The van der Waals surface area contributed by atoms with E-state index < -0.39 is 28.5 Å². The van der Waals surface area contributed by atoms with E-state index in [9.17, 15) is 18.0 Å². The maximum absolute atomic E-state index is 13.9. The molecule has 2 atom stereocenters. The number of amides is 2. The Kier molecular flexibility index (Phi) is 10.4. The molecule has 10 heteroatoms. The molecule has 0 fully saturated rings. The lowest BCUT2D eigenvalue weighted by Crippen LogP contribution is -2.52. The Balaban J connectivity index is 2.01. The van der Waals surface area contributed by atoms with Crippen LogP contribution >= 0.6 is 23.2 Å². The fraction of sp³-hybridized carbons (Fsp3) is 0.310. The minimum absolute atomic E-state index is 0.00733. The van der Waals surface area contributed by atoms with E-state index in [-0.39, 0.29) is 23.4 Å². The fourth-order valence-corrected chi connectivity index (χ4v) is 5.47. The number of carbonyl (C=O) groups excluding carboxylic acids is 2. The number of rotatable bonds is 11. The molecular weight excluding hydrogens is 557 g/mol. The zero-order chi connectivity index (χ0) is 28.7. The molecule has 1 N–H and O–H groups in total. The molecule has 3 aromatic rings. The number of hydrogen-bond acceptors (Lipinski definition) is 4. The smallest absolute Gasteiger partial charge is 0.264 e. The molecular formula is C29H33Cl2N3O4S. The van der Waals surface area contributed by atoms with Gasteiger partial charge in [-0.05, 0) is 81.3 Å². The third-order valence-corrected chi connectivity index (χ3v) is 8.73. The van der Waals surface area contributed by atoms with Crippen molar-refractivity contribution in [3.05, 3.63) is 94.0 Å². The molecule has 0 spiro atoms. The Bertz CT molecular complexity index is 1380. The molecule has 0 saturated carbocycles. The third kappa shape index (κ3) is 7.97. The molecule has 0 radical (unpaired) electrons. The SMILES string of the molecule is CCC(C)NC(=O)C(C)N(Cc1ccc(Cl)cc1)C(=O)CN(c1ccc(C)cc1)S(=O)(=O)c1ccc(Cl)cc1. The van der Waals surface area contributed by atoms with Crippen LogP contribution in [0.2, 0.25) is 10.0 Å². The fourth-order valence-electron chi connectivity index (χ4n) is 3.81. The van der Waals surface area contributed by atoms with Crippen molar-refractivity contribution in [2.24, 2.45) is 0 Å². The van der Waals surface area contributed by atoms with E-state index in [0.29, 0.717) is 15.7 Å². The van der Waals surface area contributed by atoms with Gasteiger partial charge in [-0.25, -0.2) is 8.42 Å². The van der Waals surface area contributed by atoms with Gasteiger partial charge in [0.1, 0.15) is 12.6 Å². The quantitative estimate of drug-likeness (QED) is 0.305. The van der Waals surface area contributed by atoms with Crippen molar-refractivity contribution >= 4 is 50.7 Å². The van der Waals surface area contributed by atoms with Crippen LogP contribution < -0.4 is 9.62 Å². The molecule has 0 saturated heterocycles. The molecule has 0 aliphatic rings. The van der Waals surface area contributed by atoms with Gasteiger partial charge in [-0.1, -0.05) is 60.0 Å². The van der Waals surface area contributed by atoms with Crippen molar-refractivity contribution in [1.82, 2.24) is 10.2 Å². The Morgan fingerprint density at radius 1 is 0.872 bits per heavy atom. The number of nitrogens with one attached hydrogen (secondary N) is 1. The average Bonchev–Trinajstić information content (AvgIpc) is 2.91. The topological polar surface area (TPSA) is 86.8 Å². The van der Waals surface area contributed by atoms with Gasteiger partial charge in [0.2, 0.25) is 11.8 Å². The van der Waals surface area contributed by atoms with Crippen LogP contribution in [0.25, 0.3) is 0 Å². The monoisotopic (exact) mass is 589 g/mol. The highest BCUT2D eigenvalue weighted by Crippen LogP contribution is 2.26. The summed E-state index contributed by atoms with van der Waals surface area (Å²) >= 11 is 12.0. The van der Waals surface area contributed by atoms with Crippen molar-refractivity contribution in [3.8, 4) is 0 Å². The summed E-state index contributed by atoms with van der Waals surface area (Å²) in [5.74, 6) is -0.857. The third-order valence-electron chi connectivity index (χ3n) is 6.44. The molecule has 2 amide bonds. The summed E-state index contributed by atoms with van der Waals surface area (Å²) in [5, 5.41) is 3.85. The maximum Gasteiger partial charge on any atom is 0.264 e. The van der Waals surface area contributed by atoms with Crippen LogP contribution in [0.4, 0.5) is 5.69 Å². The Labute approximate surface area is 240 Å². The van der Waals surface area contributed by atoms with Crippen molar-refractivity contribution in [3.63, 3.8) is 0 Å². The standard InChI is InChI=1S/C29H33Cl2N3O4S/c1-5-21(3)32-29(36)22(4)33(18-23-8-10-24(30)11-9-23)28(35)19-34(26-14-6-20(2)7-15-26)39(37,38)27-16-12-25(31)13-17-27/h6-17,21-22H,5,18-19H2,1-4H3,(H,32,36). The van der Waals surface area contributed by atoms with E-state index in [1.807, 2.05) is 20.8 Å². The van der Waals surface area contributed by atoms with E-state index >= 15 is 0 Å². The van der Waals surface area contributed by atoms with Crippen molar-refractivity contribution in [1.29, 1.82) is 0 Å². The van der Waals surface area contributed by atoms with Gasteiger partial charge in [-0.2, -0.15) is 0 Å². The van der Waals surface area contributed by atoms with Crippen molar-refractivity contribution in [2.75, 3.05) is 10.8 Å². The summed E-state index contributed by atoms with van der Waals surface area (Å²) < 4.78 is 28.6. The second kappa shape index (κ2) is 13.3. The zero-order valence-corrected chi connectivity index (χ0v) is 24.7. The lowest BCUT2D eigenvalue weighted by atomic mass is 10.1.